The van der Waals surface area contributed by atoms with Gasteiger partial charge in [0, 0.05) is 42.8 Å². The zero-order valence-corrected chi connectivity index (χ0v) is 13.9. The average molecular weight is 326 g/mol. The highest BCUT2D eigenvalue weighted by Gasteiger charge is 2.33. The summed E-state index contributed by atoms with van der Waals surface area (Å²) in [6.07, 6.45) is 7.60. The Morgan fingerprint density at radius 1 is 1.38 bits per heavy atom. The molecule has 1 atom stereocenters. The highest BCUT2D eigenvalue weighted by Crippen LogP contribution is 2.25. The first-order chi connectivity index (χ1) is 11.7. The molecule has 2 aliphatic rings. The Bertz CT molecular complexity index is 728. The number of fused-ring (bicyclic) bond motifs is 1. The van der Waals surface area contributed by atoms with Crippen LogP contribution in [0.1, 0.15) is 40.4 Å². The number of likely N-dealkylation sites (N-methyl/N-ethyl adjacent to an activating group) is 1. The summed E-state index contributed by atoms with van der Waals surface area (Å²) in [6.45, 7) is 2.22. The lowest BCUT2D eigenvalue weighted by atomic mass is 10.2. The maximum absolute atomic E-state index is 12.8. The van der Waals surface area contributed by atoms with Gasteiger partial charge in [0.2, 0.25) is 0 Å². The van der Waals surface area contributed by atoms with Crippen LogP contribution in [0.2, 0.25) is 0 Å². The number of nitrogens with zero attached hydrogens (tertiary/aromatic N) is 5. The second kappa shape index (κ2) is 6.32. The van der Waals surface area contributed by atoms with Gasteiger partial charge in [0.05, 0.1) is 6.54 Å². The molecular weight excluding hydrogens is 304 g/mol. The predicted molar refractivity (Wildman–Crippen MR) is 88.4 cm³/mol. The lowest BCUT2D eigenvalue weighted by Gasteiger charge is -2.23. The monoisotopic (exact) mass is 326 g/mol. The summed E-state index contributed by atoms with van der Waals surface area (Å²) < 4.78 is 0. The zero-order valence-electron chi connectivity index (χ0n) is 13.9. The Labute approximate surface area is 141 Å². The molecule has 4 rings (SSSR count). The third-order valence-corrected chi connectivity index (χ3v) is 5.09. The molecule has 24 heavy (non-hydrogen) atoms. The van der Waals surface area contributed by atoms with Crippen molar-refractivity contribution in [3.63, 3.8) is 0 Å². The van der Waals surface area contributed by atoms with Crippen molar-refractivity contribution in [2.24, 2.45) is 0 Å². The number of likely N-dealkylation sites (tertiary alicyclic amines) is 1. The molecule has 7 nitrogen and oxygen atoms in total. The van der Waals surface area contributed by atoms with Crippen LogP contribution < -0.4 is 0 Å². The van der Waals surface area contributed by atoms with Crippen LogP contribution >= 0.6 is 0 Å². The molecule has 0 radical (unpaired) electrons. The Balaban J connectivity index is 1.40. The fourth-order valence-electron chi connectivity index (χ4n) is 3.70. The Morgan fingerprint density at radius 2 is 2.21 bits per heavy atom. The van der Waals surface area contributed by atoms with Crippen LogP contribution in [0.25, 0.3) is 0 Å². The molecule has 2 aromatic rings. The highest BCUT2D eigenvalue weighted by molar-refractivity contribution is 5.94. The van der Waals surface area contributed by atoms with Crippen LogP contribution in [-0.2, 0) is 19.4 Å². The van der Waals surface area contributed by atoms with Crippen molar-refractivity contribution in [2.45, 2.75) is 38.3 Å². The third kappa shape index (κ3) is 2.80. The van der Waals surface area contributed by atoms with E-state index in [9.17, 15) is 4.79 Å². The molecule has 7 heteroatoms. The number of carbonyl (C=O) groups is 1. The van der Waals surface area contributed by atoms with Crippen molar-refractivity contribution < 1.29 is 4.79 Å². The normalized spacial score (nSPS) is 19.9. The number of hydrogen-bond acceptors (Lipinski definition) is 5. The minimum absolute atomic E-state index is 0.0706. The van der Waals surface area contributed by atoms with Gasteiger partial charge in [-0.05, 0) is 38.8 Å². The van der Waals surface area contributed by atoms with E-state index in [-0.39, 0.29) is 5.91 Å². The first-order valence-corrected chi connectivity index (χ1v) is 8.54. The van der Waals surface area contributed by atoms with Gasteiger partial charge in [-0.1, -0.05) is 0 Å². The Morgan fingerprint density at radius 3 is 3.04 bits per heavy atom. The molecule has 1 aliphatic carbocycles. The highest BCUT2D eigenvalue weighted by atomic mass is 16.2. The zero-order chi connectivity index (χ0) is 16.5. The van der Waals surface area contributed by atoms with Gasteiger partial charge in [0.25, 0.3) is 5.91 Å². The number of aromatic amines is 1. The maximum atomic E-state index is 12.8. The quantitative estimate of drug-likeness (QED) is 0.908. The van der Waals surface area contributed by atoms with Gasteiger partial charge in [-0.2, -0.15) is 5.10 Å². The summed E-state index contributed by atoms with van der Waals surface area (Å²) in [6, 6.07) is 2.16. The molecule has 1 aliphatic heterocycles. The third-order valence-electron chi connectivity index (χ3n) is 5.09. The molecule has 0 aromatic carbocycles. The van der Waals surface area contributed by atoms with Gasteiger partial charge in [0.1, 0.15) is 5.82 Å². The second-order valence-electron chi connectivity index (χ2n) is 6.66. The van der Waals surface area contributed by atoms with Crippen LogP contribution in [0.4, 0.5) is 0 Å². The summed E-state index contributed by atoms with van der Waals surface area (Å²) >= 11 is 0. The maximum Gasteiger partial charge on any atom is 0.274 e. The van der Waals surface area contributed by atoms with Crippen LogP contribution in [0.3, 0.4) is 0 Å². The van der Waals surface area contributed by atoms with Gasteiger partial charge in [-0.15, -0.1) is 0 Å². The first-order valence-electron chi connectivity index (χ1n) is 8.54. The molecule has 1 fully saturated rings. The molecule has 0 bridgehead atoms. The standard InChI is InChI=1S/C17H22N6O/c1-22(11-15-18-7-3-8-19-15)12-6-9-23(10-12)17(24)16-13-4-2-5-14(13)20-21-16/h3,7-8,12H,2,4-6,9-11H2,1H3,(H,20,21)/t12-/m0/s1. The number of nitrogens with one attached hydrogen (secondary N) is 1. The molecule has 3 heterocycles. The summed E-state index contributed by atoms with van der Waals surface area (Å²) in [7, 11) is 2.07. The molecule has 126 valence electrons. The van der Waals surface area contributed by atoms with E-state index in [0.29, 0.717) is 18.3 Å². The van der Waals surface area contributed by atoms with Gasteiger partial charge in [-0.3, -0.25) is 14.8 Å². The summed E-state index contributed by atoms with van der Waals surface area (Å²) in [5.41, 5.74) is 2.92. The molecule has 2 aromatic heterocycles. The van der Waals surface area contributed by atoms with Crippen LogP contribution in [0.5, 0.6) is 0 Å². The number of aromatic nitrogens is 4. The van der Waals surface area contributed by atoms with Crippen molar-refractivity contribution in [3.8, 4) is 0 Å². The van der Waals surface area contributed by atoms with Crippen molar-refractivity contribution in [1.82, 2.24) is 30.0 Å². The SMILES string of the molecule is CN(Cc1ncccn1)[C@H]1CCN(C(=O)c2n[nH]c3c2CCC3)C1. The number of aryl methyl sites for hydroxylation is 1. The Hall–Kier alpha value is -2.28. The summed E-state index contributed by atoms with van der Waals surface area (Å²) in [5, 5.41) is 7.30. The van der Waals surface area contributed by atoms with E-state index in [1.54, 1.807) is 12.4 Å². The summed E-state index contributed by atoms with van der Waals surface area (Å²) in [4.78, 5) is 25.5. The number of amides is 1. The van der Waals surface area contributed by atoms with Crippen molar-refractivity contribution in [2.75, 3.05) is 20.1 Å². The number of H-pyrrole nitrogens is 1. The van der Waals surface area contributed by atoms with Crippen LogP contribution in [-0.4, -0.2) is 62.1 Å². The van der Waals surface area contributed by atoms with E-state index in [1.807, 2.05) is 11.0 Å². The molecule has 0 spiro atoms. The van der Waals surface area contributed by atoms with Gasteiger partial charge >= 0.3 is 0 Å². The first kappa shape index (κ1) is 15.3. The van der Waals surface area contributed by atoms with E-state index >= 15 is 0 Å². The molecule has 1 N–H and O–H groups in total. The topological polar surface area (TPSA) is 78.0 Å². The lowest BCUT2D eigenvalue weighted by Crippen LogP contribution is -2.36. The van der Waals surface area contributed by atoms with E-state index < -0.39 is 0 Å². The predicted octanol–water partition coefficient (Wildman–Crippen LogP) is 1.03. The van der Waals surface area contributed by atoms with Gasteiger partial charge < -0.3 is 4.90 Å². The van der Waals surface area contributed by atoms with Crippen LogP contribution in [0.15, 0.2) is 18.5 Å². The molecule has 1 saturated heterocycles. The molecule has 0 saturated carbocycles. The van der Waals surface area contributed by atoms with Crippen molar-refractivity contribution in [3.05, 3.63) is 41.2 Å². The average Bonchev–Trinajstić information content (AvgIpc) is 3.31. The number of hydrogen-bond donors (Lipinski definition) is 1. The minimum Gasteiger partial charge on any atom is -0.336 e. The van der Waals surface area contributed by atoms with E-state index in [1.165, 1.54) is 0 Å². The summed E-state index contributed by atoms with van der Waals surface area (Å²) in [5.74, 6) is 0.885. The van der Waals surface area contributed by atoms with E-state index in [0.717, 1.165) is 55.9 Å². The number of carbonyl (C=O) groups excluding carboxylic acids is 1. The van der Waals surface area contributed by atoms with Crippen molar-refractivity contribution >= 4 is 5.91 Å². The van der Waals surface area contributed by atoms with Gasteiger partial charge in [0.15, 0.2) is 5.69 Å². The minimum atomic E-state index is 0.0706. The van der Waals surface area contributed by atoms with E-state index in [2.05, 4.69) is 32.1 Å². The van der Waals surface area contributed by atoms with E-state index in [4.69, 9.17) is 0 Å². The largest absolute Gasteiger partial charge is 0.336 e. The lowest BCUT2D eigenvalue weighted by molar-refractivity contribution is 0.0772. The van der Waals surface area contributed by atoms with Crippen molar-refractivity contribution in [1.29, 1.82) is 0 Å². The molecular formula is C17H22N6O. The fourth-order valence-corrected chi connectivity index (χ4v) is 3.70. The number of rotatable bonds is 4. The molecule has 1 amide bonds. The van der Waals surface area contributed by atoms with Crippen LogP contribution in [0, 0.1) is 0 Å². The van der Waals surface area contributed by atoms with Gasteiger partial charge in [-0.25, -0.2) is 9.97 Å². The smallest absolute Gasteiger partial charge is 0.274 e. The molecule has 0 unspecified atom stereocenters. The second-order valence-corrected chi connectivity index (χ2v) is 6.66. The Kier molecular flexibility index (Phi) is 4.02. The fraction of sp³-hybridized carbons (Fsp3) is 0.529.